The van der Waals surface area contributed by atoms with Gasteiger partial charge in [0.15, 0.2) is 0 Å². The van der Waals surface area contributed by atoms with Crippen LogP contribution in [0.3, 0.4) is 0 Å². The van der Waals surface area contributed by atoms with Crippen molar-refractivity contribution < 1.29 is 4.74 Å². The molecule has 1 aromatic heterocycles. The van der Waals surface area contributed by atoms with E-state index in [2.05, 4.69) is 4.98 Å². The molecule has 0 saturated carbocycles. The van der Waals surface area contributed by atoms with E-state index in [1.165, 1.54) is 0 Å². The molecule has 0 unspecified atom stereocenters. The highest BCUT2D eigenvalue weighted by Crippen LogP contribution is 2.34. The number of aromatic nitrogens is 1. The molecule has 2 aromatic rings. The topological polar surface area (TPSA) is 22.1 Å². The largest absolute Gasteiger partial charge is 0.494 e. The van der Waals surface area contributed by atoms with Crippen LogP contribution in [0.2, 0.25) is 5.02 Å². The lowest BCUT2D eigenvalue weighted by Gasteiger charge is -2.00. The lowest BCUT2D eigenvalue weighted by Crippen LogP contribution is -1.83. The molecular formula is C9H8ClNOS. The summed E-state index contributed by atoms with van der Waals surface area (Å²) in [5.74, 6) is 0.781. The van der Waals surface area contributed by atoms with E-state index in [9.17, 15) is 0 Å². The molecule has 0 aliphatic rings. The fourth-order valence-electron chi connectivity index (χ4n) is 1.22. The molecule has 4 heteroatoms. The number of halogens is 1. The summed E-state index contributed by atoms with van der Waals surface area (Å²) in [4.78, 5) is 4.35. The van der Waals surface area contributed by atoms with Gasteiger partial charge in [-0.15, -0.1) is 11.3 Å². The molecule has 2 rings (SSSR count). The van der Waals surface area contributed by atoms with Crippen LogP contribution in [-0.4, -0.2) is 12.1 Å². The van der Waals surface area contributed by atoms with Gasteiger partial charge >= 0.3 is 0 Å². The molecule has 1 aromatic carbocycles. The van der Waals surface area contributed by atoms with E-state index in [1.54, 1.807) is 18.4 Å². The SMILES string of the molecule is COc1ccc(Cl)c2sc(C)nc12. The van der Waals surface area contributed by atoms with Crippen molar-refractivity contribution in [1.82, 2.24) is 4.98 Å². The molecule has 0 spiro atoms. The second-order valence-corrected chi connectivity index (χ2v) is 4.27. The number of hydrogen-bond donors (Lipinski definition) is 0. The lowest BCUT2D eigenvalue weighted by molar-refractivity contribution is 0.419. The first kappa shape index (κ1) is 8.78. The Labute approximate surface area is 85.1 Å². The normalized spacial score (nSPS) is 10.7. The summed E-state index contributed by atoms with van der Waals surface area (Å²) in [6.45, 7) is 1.96. The van der Waals surface area contributed by atoms with E-state index >= 15 is 0 Å². The number of fused-ring (bicyclic) bond motifs is 1. The van der Waals surface area contributed by atoms with Gasteiger partial charge in [0.05, 0.1) is 21.8 Å². The molecule has 0 N–H and O–H groups in total. The van der Waals surface area contributed by atoms with Gasteiger partial charge in [-0.2, -0.15) is 0 Å². The van der Waals surface area contributed by atoms with Crippen molar-refractivity contribution in [1.29, 1.82) is 0 Å². The van der Waals surface area contributed by atoms with Crippen LogP contribution < -0.4 is 4.74 Å². The summed E-state index contributed by atoms with van der Waals surface area (Å²) >= 11 is 7.60. The third kappa shape index (κ3) is 1.38. The molecular weight excluding hydrogens is 206 g/mol. The van der Waals surface area contributed by atoms with Gasteiger partial charge in [0.25, 0.3) is 0 Å². The zero-order chi connectivity index (χ0) is 9.42. The van der Waals surface area contributed by atoms with Crippen LogP contribution in [-0.2, 0) is 0 Å². The molecule has 0 radical (unpaired) electrons. The van der Waals surface area contributed by atoms with E-state index in [-0.39, 0.29) is 0 Å². The summed E-state index contributed by atoms with van der Waals surface area (Å²) in [5, 5.41) is 1.74. The van der Waals surface area contributed by atoms with Crippen molar-refractivity contribution in [2.75, 3.05) is 7.11 Å². The van der Waals surface area contributed by atoms with E-state index in [1.807, 2.05) is 19.1 Å². The number of ether oxygens (including phenoxy) is 1. The number of rotatable bonds is 1. The fourth-order valence-corrected chi connectivity index (χ4v) is 2.33. The molecule has 0 bridgehead atoms. The fraction of sp³-hybridized carbons (Fsp3) is 0.222. The Morgan fingerprint density at radius 1 is 1.46 bits per heavy atom. The molecule has 2 nitrogen and oxygen atoms in total. The third-order valence-corrected chi connectivity index (χ3v) is 3.22. The number of hydrogen-bond acceptors (Lipinski definition) is 3. The lowest BCUT2D eigenvalue weighted by atomic mass is 10.3. The predicted molar refractivity (Wildman–Crippen MR) is 55.9 cm³/mol. The number of nitrogens with zero attached hydrogens (tertiary/aromatic N) is 1. The smallest absolute Gasteiger partial charge is 0.146 e. The van der Waals surface area contributed by atoms with Crippen molar-refractivity contribution in [3.8, 4) is 5.75 Å². The minimum Gasteiger partial charge on any atom is -0.494 e. The van der Waals surface area contributed by atoms with E-state index < -0.39 is 0 Å². The van der Waals surface area contributed by atoms with Crippen LogP contribution in [0.5, 0.6) is 5.75 Å². The number of thiazole rings is 1. The van der Waals surface area contributed by atoms with Gasteiger partial charge < -0.3 is 4.74 Å². The highest BCUT2D eigenvalue weighted by Gasteiger charge is 2.09. The number of methoxy groups -OCH3 is 1. The molecule has 0 aliphatic carbocycles. The maximum Gasteiger partial charge on any atom is 0.146 e. The maximum atomic E-state index is 6.01. The summed E-state index contributed by atoms with van der Waals surface area (Å²) < 4.78 is 6.18. The Bertz CT molecular complexity index is 452. The first-order valence-electron chi connectivity index (χ1n) is 3.82. The molecule has 68 valence electrons. The van der Waals surface area contributed by atoms with Gasteiger partial charge in [0.2, 0.25) is 0 Å². The summed E-state index contributed by atoms with van der Waals surface area (Å²) in [6, 6.07) is 3.67. The quantitative estimate of drug-likeness (QED) is 0.726. The highest BCUT2D eigenvalue weighted by molar-refractivity contribution is 7.19. The molecule has 0 atom stereocenters. The minimum atomic E-state index is 0.737. The van der Waals surface area contributed by atoms with Crippen LogP contribution in [0.15, 0.2) is 12.1 Å². The van der Waals surface area contributed by atoms with Crippen molar-refractivity contribution in [2.24, 2.45) is 0 Å². The van der Waals surface area contributed by atoms with Crippen molar-refractivity contribution in [3.63, 3.8) is 0 Å². The standard InChI is InChI=1S/C9H8ClNOS/c1-5-11-8-7(12-2)4-3-6(10)9(8)13-5/h3-4H,1-2H3. The minimum absolute atomic E-state index is 0.737. The Hall–Kier alpha value is -0.800. The maximum absolute atomic E-state index is 6.01. The highest BCUT2D eigenvalue weighted by atomic mass is 35.5. The number of benzene rings is 1. The first-order chi connectivity index (χ1) is 6.22. The molecule has 0 fully saturated rings. The zero-order valence-electron chi connectivity index (χ0n) is 7.30. The first-order valence-corrected chi connectivity index (χ1v) is 5.01. The van der Waals surface area contributed by atoms with Gasteiger partial charge in [0, 0.05) is 0 Å². The molecule has 13 heavy (non-hydrogen) atoms. The average Bonchev–Trinajstić information content (AvgIpc) is 2.48. The van der Waals surface area contributed by atoms with Gasteiger partial charge in [-0.3, -0.25) is 0 Å². The van der Waals surface area contributed by atoms with Gasteiger partial charge in [-0.25, -0.2) is 4.98 Å². The Morgan fingerprint density at radius 2 is 2.23 bits per heavy atom. The van der Waals surface area contributed by atoms with Gasteiger partial charge in [0.1, 0.15) is 11.3 Å². The molecule has 0 aliphatic heterocycles. The van der Waals surface area contributed by atoms with Crippen LogP contribution in [0.25, 0.3) is 10.2 Å². The molecule has 0 amide bonds. The van der Waals surface area contributed by atoms with Crippen LogP contribution >= 0.6 is 22.9 Å². The number of aryl methyl sites for hydroxylation is 1. The Morgan fingerprint density at radius 3 is 2.92 bits per heavy atom. The van der Waals surface area contributed by atoms with E-state index in [0.29, 0.717) is 0 Å². The van der Waals surface area contributed by atoms with E-state index in [4.69, 9.17) is 16.3 Å². The van der Waals surface area contributed by atoms with Crippen LogP contribution in [0.4, 0.5) is 0 Å². The summed E-state index contributed by atoms with van der Waals surface area (Å²) in [5.41, 5.74) is 0.859. The zero-order valence-corrected chi connectivity index (χ0v) is 8.87. The monoisotopic (exact) mass is 213 g/mol. The van der Waals surface area contributed by atoms with Gasteiger partial charge in [-0.05, 0) is 19.1 Å². The van der Waals surface area contributed by atoms with Crippen molar-refractivity contribution in [2.45, 2.75) is 6.92 Å². The van der Waals surface area contributed by atoms with E-state index in [0.717, 1.165) is 26.0 Å². The second kappa shape index (κ2) is 3.16. The average molecular weight is 214 g/mol. The van der Waals surface area contributed by atoms with Crippen LogP contribution in [0.1, 0.15) is 5.01 Å². The van der Waals surface area contributed by atoms with Gasteiger partial charge in [-0.1, -0.05) is 11.6 Å². The predicted octanol–water partition coefficient (Wildman–Crippen LogP) is 3.27. The summed E-state index contributed by atoms with van der Waals surface area (Å²) in [7, 11) is 1.64. The molecule has 1 heterocycles. The van der Waals surface area contributed by atoms with Crippen molar-refractivity contribution >= 4 is 33.2 Å². The Balaban J connectivity index is 2.83. The van der Waals surface area contributed by atoms with Crippen molar-refractivity contribution in [3.05, 3.63) is 22.2 Å². The van der Waals surface area contributed by atoms with Crippen LogP contribution in [0, 0.1) is 6.92 Å². The second-order valence-electron chi connectivity index (χ2n) is 2.66. The molecule has 0 saturated heterocycles. The Kier molecular flexibility index (Phi) is 2.14. The third-order valence-electron chi connectivity index (χ3n) is 1.79. The summed E-state index contributed by atoms with van der Waals surface area (Å²) in [6.07, 6.45) is 0.